The first-order valence-corrected chi connectivity index (χ1v) is 6.39. The van der Waals surface area contributed by atoms with Gasteiger partial charge < -0.3 is 16.3 Å². The van der Waals surface area contributed by atoms with Crippen molar-refractivity contribution in [2.45, 2.75) is 33.2 Å². The maximum Gasteiger partial charge on any atom is 0.144 e. The van der Waals surface area contributed by atoms with Gasteiger partial charge in [0.05, 0.1) is 0 Å². The van der Waals surface area contributed by atoms with Crippen LogP contribution in [0.2, 0.25) is 0 Å². The summed E-state index contributed by atoms with van der Waals surface area (Å²) in [6, 6.07) is 6.45. The number of benzene rings is 1. The zero-order valence-electron chi connectivity index (χ0n) is 11.5. The third-order valence-corrected chi connectivity index (χ3v) is 3.20. The van der Waals surface area contributed by atoms with Crippen LogP contribution < -0.4 is 11.1 Å². The van der Waals surface area contributed by atoms with Gasteiger partial charge in [0, 0.05) is 12.0 Å². The van der Waals surface area contributed by atoms with E-state index in [4.69, 9.17) is 10.9 Å². The number of nitrogens with one attached hydrogen (secondary N) is 1. The summed E-state index contributed by atoms with van der Waals surface area (Å²) in [6.45, 7) is 5.44. The number of oxime groups is 1. The third kappa shape index (κ3) is 5.26. The molecular formula is C14H22FN3O. The number of hydrogen-bond acceptors (Lipinski definition) is 3. The highest BCUT2D eigenvalue weighted by molar-refractivity contribution is 5.85. The summed E-state index contributed by atoms with van der Waals surface area (Å²) in [4.78, 5) is 0. The van der Waals surface area contributed by atoms with Crippen molar-refractivity contribution in [2.24, 2.45) is 16.3 Å². The Labute approximate surface area is 113 Å². The molecule has 0 saturated carbocycles. The van der Waals surface area contributed by atoms with E-state index in [-0.39, 0.29) is 17.1 Å². The van der Waals surface area contributed by atoms with Crippen LogP contribution in [0, 0.1) is 11.2 Å². The van der Waals surface area contributed by atoms with E-state index < -0.39 is 0 Å². The first-order valence-electron chi connectivity index (χ1n) is 6.39. The van der Waals surface area contributed by atoms with E-state index in [2.05, 4.69) is 10.5 Å². The number of amidine groups is 1. The fraction of sp³-hybridized carbons (Fsp3) is 0.500. The zero-order valence-corrected chi connectivity index (χ0v) is 11.5. The van der Waals surface area contributed by atoms with Gasteiger partial charge in [-0.05, 0) is 37.1 Å². The van der Waals surface area contributed by atoms with Gasteiger partial charge in [-0.2, -0.15) is 0 Å². The highest BCUT2D eigenvalue weighted by Gasteiger charge is 2.22. The molecule has 0 aliphatic heterocycles. The van der Waals surface area contributed by atoms with Gasteiger partial charge in [-0.3, -0.25) is 0 Å². The predicted molar refractivity (Wildman–Crippen MR) is 74.5 cm³/mol. The summed E-state index contributed by atoms with van der Waals surface area (Å²) >= 11 is 0. The molecule has 0 saturated heterocycles. The molecule has 4 nitrogen and oxygen atoms in total. The quantitative estimate of drug-likeness (QED) is 0.234. The van der Waals surface area contributed by atoms with Gasteiger partial charge in [0.15, 0.2) is 0 Å². The molecule has 0 unspecified atom stereocenters. The van der Waals surface area contributed by atoms with Crippen LogP contribution in [0.15, 0.2) is 29.4 Å². The Hall–Kier alpha value is -1.62. The summed E-state index contributed by atoms with van der Waals surface area (Å²) in [7, 11) is 0. The molecule has 1 rings (SSSR count). The molecule has 0 aromatic heterocycles. The van der Waals surface area contributed by atoms with E-state index in [1.54, 1.807) is 12.1 Å². The second kappa shape index (κ2) is 7.09. The first-order chi connectivity index (χ1) is 8.95. The highest BCUT2D eigenvalue weighted by Crippen LogP contribution is 2.21. The lowest BCUT2D eigenvalue weighted by Crippen LogP contribution is -2.32. The normalized spacial score (nSPS) is 12.7. The molecular weight excluding hydrogens is 245 g/mol. The van der Waals surface area contributed by atoms with Gasteiger partial charge in [0.25, 0.3) is 0 Å². The smallest absolute Gasteiger partial charge is 0.144 e. The molecule has 0 heterocycles. The predicted octanol–water partition coefficient (Wildman–Crippen LogP) is 2.47. The van der Waals surface area contributed by atoms with Crippen molar-refractivity contribution in [1.29, 1.82) is 0 Å². The summed E-state index contributed by atoms with van der Waals surface area (Å²) in [5.41, 5.74) is 6.37. The van der Waals surface area contributed by atoms with E-state index in [0.717, 1.165) is 24.9 Å². The maximum absolute atomic E-state index is 12.7. The number of rotatable bonds is 7. The fourth-order valence-corrected chi connectivity index (χ4v) is 1.75. The van der Waals surface area contributed by atoms with E-state index in [9.17, 15) is 4.39 Å². The topological polar surface area (TPSA) is 70.6 Å². The van der Waals surface area contributed by atoms with Crippen molar-refractivity contribution in [1.82, 2.24) is 5.32 Å². The standard InChI is InChI=1S/C14H22FN3O/c1-14(2,13(16)18-19)8-3-9-17-10-11-4-6-12(15)7-5-11/h4-7,17,19H,3,8-10H2,1-2H3,(H2,16,18). The zero-order chi connectivity index (χ0) is 14.3. The minimum absolute atomic E-state index is 0.218. The van der Waals surface area contributed by atoms with E-state index in [0.29, 0.717) is 6.54 Å². The number of nitrogens with two attached hydrogens (primary N) is 1. The number of hydrogen-bond donors (Lipinski definition) is 3. The minimum Gasteiger partial charge on any atom is -0.409 e. The van der Waals surface area contributed by atoms with Gasteiger partial charge in [-0.15, -0.1) is 0 Å². The maximum atomic E-state index is 12.7. The molecule has 106 valence electrons. The SMILES string of the molecule is CC(C)(CCCNCc1ccc(F)cc1)C(N)=NO. The van der Waals surface area contributed by atoms with E-state index in [1.165, 1.54) is 12.1 Å². The molecule has 1 aromatic rings. The van der Waals surface area contributed by atoms with E-state index in [1.807, 2.05) is 13.8 Å². The molecule has 4 N–H and O–H groups in total. The second-order valence-electron chi connectivity index (χ2n) is 5.28. The van der Waals surface area contributed by atoms with Crippen LogP contribution in [0.3, 0.4) is 0 Å². The summed E-state index contributed by atoms with van der Waals surface area (Å²) in [6.07, 6.45) is 1.75. The van der Waals surface area contributed by atoms with Gasteiger partial charge in [-0.1, -0.05) is 31.1 Å². The van der Waals surface area contributed by atoms with Crippen LogP contribution in [-0.2, 0) is 6.54 Å². The average Bonchev–Trinajstić information content (AvgIpc) is 2.39. The monoisotopic (exact) mass is 267 g/mol. The Kier molecular flexibility index (Phi) is 5.76. The largest absolute Gasteiger partial charge is 0.409 e. The van der Waals surface area contributed by atoms with Crippen LogP contribution >= 0.6 is 0 Å². The van der Waals surface area contributed by atoms with Crippen molar-refractivity contribution >= 4 is 5.84 Å². The van der Waals surface area contributed by atoms with E-state index >= 15 is 0 Å². The Morgan fingerprint density at radius 2 is 2.00 bits per heavy atom. The van der Waals surface area contributed by atoms with Crippen molar-refractivity contribution in [2.75, 3.05) is 6.54 Å². The molecule has 0 atom stereocenters. The molecule has 0 amide bonds. The van der Waals surface area contributed by atoms with Crippen LogP contribution in [0.4, 0.5) is 4.39 Å². The van der Waals surface area contributed by atoms with Gasteiger partial charge in [0.1, 0.15) is 11.7 Å². The molecule has 0 aliphatic carbocycles. The Bertz CT molecular complexity index is 415. The van der Waals surface area contributed by atoms with Crippen molar-refractivity contribution in [3.8, 4) is 0 Å². The number of nitrogens with zero attached hydrogens (tertiary/aromatic N) is 1. The lowest BCUT2D eigenvalue weighted by atomic mass is 9.86. The number of halogens is 1. The third-order valence-electron chi connectivity index (χ3n) is 3.20. The average molecular weight is 267 g/mol. The Balaban J connectivity index is 2.23. The van der Waals surface area contributed by atoms with Crippen molar-refractivity contribution in [3.05, 3.63) is 35.6 Å². The molecule has 1 aromatic carbocycles. The van der Waals surface area contributed by atoms with Crippen LogP contribution in [-0.4, -0.2) is 17.6 Å². The van der Waals surface area contributed by atoms with Gasteiger partial charge >= 0.3 is 0 Å². The molecule has 5 heteroatoms. The van der Waals surface area contributed by atoms with Crippen LogP contribution in [0.5, 0.6) is 0 Å². The fourth-order valence-electron chi connectivity index (χ4n) is 1.75. The Morgan fingerprint density at radius 1 is 1.37 bits per heavy atom. The highest BCUT2D eigenvalue weighted by atomic mass is 19.1. The van der Waals surface area contributed by atoms with Crippen molar-refractivity contribution in [3.63, 3.8) is 0 Å². The molecule has 0 bridgehead atoms. The molecule has 19 heavy (non-hydrogen) atoms. The van der Waals surface area contributed by atoms with Crippen molar-refractivity contribution < 1.29 is 9.60 Å². The lowest BCUT2D eigenvalue weighted by molar-refractivity contribution is 0.304. The molecule has 0 spiro atoms. The summed E-state index contributed by atoms with van der Waals surface area (Å²) in [5.74, 6) is 0.0373. The minimum atomic E-state index is -0.299. The summed E-state index contributed by atoms with van der Waals surface area (Å²) < 4.78 is 12.7. The molecule has 0 fully saturated rings. The lowest BCUT2D eigenvalue weighted by Gasteiger charge is -2.22. The molecule has 0 aliphatic rings. The van der Waals surface area contributed by atoms with Crippen LogP contribution in [0.1, 0.15) is 32.3 Å². The summed E-state index contributed by atoms with van der Waals surface area (Å²) in [5, 5.41) is 15.0. The molecule has 0 radical (unpaired) electrons. The Morgan fingerprint density at radius 3 is 2.58 bits per heavy atom. The van der Waals surface area contributed by atoms with Crippen LogP contribution in [0.25, 0.3) is 0 Å². The first kappa shape index (κ1) is 15.4. The van der Waals surface area contributed by atoms with Gasteiger partial charge in [0.2, 0.25) is 0 Å². The second-order valence-corrected chi connectivity index (χ2v) is 5.28. The van der Waals surface area contributed by atoms with Gasteiger partial charge in [-0.25, -0.2) is 4.39 Å².